The predicted octanol–water partition coefficient (Wildman–Crippen LogP) is 2.69. The molecule has 12 nitrogen and oxygen atoms in total. The molecule has 3 aliphatic rings. The van der Waals surface area contributed by atoms with Gasteiger partial charge in [-0.3, -0.25) is 24.5 Å². The number of nitrogens with two attached hydrogens (primary N) is 1. The highest BCUT2D eigenvalue weighted by molar-refractivity contribution is 6.05. The molecule has 1 aliphatic carbocycles. The lowest BCUT2D eigenvalue weighted by Gasteiger charge is -2.37. The highest BCUT2D eigenvalue weighted by Gasteiger charge is 2.39. The maximum atomic E-state index is 12.9. The monoisotopic (exact) mass is 585 g/mol. The lowest BCUT2D eigenvalue weighted by atomic mass is 9.91. The van der Waals surface area contributed by atoms with Gasteiger partial charge in [0.05, 0.1) is 0 Å². The Morgan fingerprint density at radius 2 is 1.83 bits per heavy atom. The lowest BCUT2D eigenvalue weighted by molar-refractivity contribution is -0.137. The van der Waals surface area contributed by atoms with Gasteiger partial charge in [0.2, 0.25) is 17.7 Å². The van der Waals surface area contributed by atoms with Crippen molar-refractivity contribution >= 4 is 35.4 Å². The molecule has 5 amide bonds. The number of imide groups is 1. The first-order valence-corrected chi connectivity index (χ1v) is 14.8. The van der Waals surface area contributed by atoms with E-state index in [1.807, 2.05) is 25.7 Å². The van der Waals surface area contributed by atoms with E-state index in [1.165, 1.54) is 4.90 Å². The van der Waals surface area contributed by atoms with Crippen molar-refractivity contribution in [3.05, 3.63) is 29.3 Å². The van der Waals surface area contributed by atoms with Crippen LogP contribution in [0.5, 0.6) is 0 Å². The van der Waals surface area contributed by atoms with Crippen LogP contribution in [-0.2, 0) is 30.4 Å². The third-order valence-electron chi connectivity index (χ3n) is 7.79. The molecule has 0 aromatic heterocycles. The van der Waals surface area contributed by atoms with Gasteiger partial charge in [0, 0.05) is 49.5 Å². The lowest BCUT2D eigenvalue weighted by Crippen LogP contribution is -2.52. The molecule has 2 heterocycles. The summed E-state index contributed by atoms with van der Waals surface area (Å²) in [5.41, 5.74) is 7.19. The van der Waals surface area contributed by atoms with Gasteiger partial charge < -0.3 is 30.3 Å². The smallest absolute Gasteiger partial charge is 0.410 e. The fourth-order valence-electron chi connectivity index (χ4n) is 5.66. The fraction of sp³-hybridized carbons (Fsp3) is 0.633. The quantitative estimate of drug-likeness (QED) is 0.279. The molecule has 230 valence electrons. The van der Waals surface area contributed by atoms with Gasteiger partial charge in [-0.1, -0.05) is 0 Å². The van der Waals surface area contributed by atoms with E-state index < -0.39 is 17.6 Å². The average molecular weight is 586 g/mol. The fourth-order valence-corrected chi connectivity index (χ4v) is 5.66. The van der Waals surface area contributed by atoms with E-state index in [4.69, 9.17) is 15.2 Å². The molecule has 1 unspecified atom stereocenters. The molecule has 1 saturated carbocycles. The van der Waals surface area contributed by atoms with Crippen LogP contribution < -0.4 is 16.4 Å². The van der Waals surface area contributed by atoms with E-state index >= 15 is 0 Å². The van der Waals surface area contributed by atoms with Gasteiger partial charge >= 0.3 is 6.09 Å². The zero-order chi connectivity index (χ0) is 30.4. The summed E-state index contributed by atoms with van der Waals surface area (Å²) in [4.78, 5) is 65.2. The van der Waals surface area contributed by atoms with Crippen molar-refractivity contribution in [2.24, 2.45) is 5.73 Å². The summed E-state index contributed by atoms with van der Waals surface area (Å²) in [5.74, 6) is -1.39. The number of fused-ring (bicyclic) bond motifs is 1. The minimum Gasteiger partial charge on any atom is -0.444 e. The van der Waals surface area contributed by atoms with Crippen molar-refractivity contribution < 1.29 is 33.4 Å². The maximum Gasteiger partial charge on any atom is 0.410 e. The number of nitrogens with zero attached hydrogens (tertiary/aromatic N) is 2. The molecule has 1 saturated heterocycles. The zero-order valence-electron chi connectivity index (χ0n) is 24.8. The summed E-state index contributed by atoms with van der Waals surface area (Å²) in [6.45, 7) is 6.59. The Morgan fingerprint density at radius 3 is 2.52 bits per heavy atom. The molecule has 2 fully saturated rings. The summed E-state index contributed by atoms with van der Waals surface area (Å²) in [6, 6.07) is 4.62. The number of rotatable bonds is 10. The molecule has 1 aromatic carbocycles. The topological polar surface area (TPSA) is 160 Å². The van der Waals surface area contributed by atoms with Crippen molar-refractivity contribution in [2.45, 2.75) is 102 Å². The van der Waals surface area contributed by atoms with Crippen molar-refractivity contribution in [2.75, 3.05) is 25.1 Å². The summed E-state index contributed by atoms with van der Waals surface area (Å²) in [7, 11) is 0. The van der Waals surface area contributed by atoms with Gasteiger partial charge in [-0.25, -0.2) is 4.79 Å². The highest BCUT2D eigenvalue weighted by atomic mass is 16.6. The third kappa shape index (κ3) is 8.28. The largest absolute Gasteiger partial charge is 0.444 e. The normalized spacial score (nSPS) is 22.4. The number of unbranched alkanes of at least 4 members (excludes halogenated alkanes) is 1. The first-order valence-electron chi connectivity index (χ1n) is 14.8. The number of carbonyl (C=O) groups excluding carboxylic acids is 5. The Kier molecular flexibility index (Phi) is 10.2. The van der Waals surface area contributed by atoms with Gasteiger partial charge in [-0.05, 0) is 89.5 Å². The van der Waals surface area contributed by atoms with Gasteiger partial charge in [0.15, 0.2) is 0 Å². The molecule has 4 N–H and O–H groups in total. The number of hydrogen-bond donors (Lipinski definition) is 3. The molecule has 4 rings (SSSR count). The standard InChI is InChI=1S/C30H43N5O7/c1-30(2,3)42-29(40)34(22-9-6-20(31)7-10-22)14-4-5-15-41-18-26(37)32-21-8-11-23-19(16-21)17-35(28(23)39)24-12-13-25(36)33-27(24)38/h8,11,16,20,22,24H,4-7,9-10,12-15,17-18,31H2,1-3H3,(H,32,37)(H,33,36,38)/t20-,22+,24?. The number of nitrogens with one attached hydrogen (secondary N) is 2. The van der Waals surface area contributed by atoms with Crippen LogP contribution in [0.3, 0.4) is 0 Å². The number of carbonyl (C=O) groups is 5. The first-order chi connectivity index (χ1) is 19.9. The van der Waals surface area contributed by atoms with E-state index in [0.717, 1.165) is 25.7 Å². The van der Waals surface area contributed by atoms with Gasteiger partial charge in [-0.15, -0.1) is 0 Å². The Labute approximate surface area is 246 Å². The SMILES string of the molecule is CC(C)(C)OC(=O)N(CCCCOCC(=O)Nc1ccc2c(c1)CN(C1CCC(=O)NC1=O)C2=O)[C@H]1CC[C@@H](N)CC1. The predicted molar refractivity (Wildman–Crippen MR) is 154 cm³/mol. The Morgan fingerprint density at radius 1 is 1.10 bits per heavy atom. The van der Waals surface area contributed by atoms with Crippen LogP contribution in [-0.4, -0.2) is 83.0 Å². The molecule has 0 bridgehead atoms. The molecular weight excluding hydrogens is 542 g/mol. The van der Waals surface area contributed by atoms with Gasteiger partial charge in [-0.2, -0.15) is 0 Å². The Bertz CT molecular complexity index is 1190. The minimum atomic E-state index is -0.689. The maximum absolute atomic E-state index is 12.9. The van der Waals surface area contributed by atoms with Crippen LogP contribution in [0.25, 0.3) is 0 Å². The van der Waals surface area contributed by atoms with Gasteiger partial charge in [0.1, 0.15) is 18.2 Å². The molecule has 1 aromatic rings. The van der Waals surface area contributed by atoms with Crippen LogP contribution in [0.2, 0.25) is 0 Å². The van der Waals surface area contributed by atoms with E-state index in [9.17, 15) is 24.0 Å². The molecule has 12 heteroatoms. The van der Waals surface area contributed by atoms with Crippen LogP contribution in [0.15, 0.2) is 18.2 Å². The summed E-state index contributed by atoms with van der Waals surface area (Å²) >= 11 is 0. The van der Waals surface area contributed by atoms with Crippen LogP contribution in [0.1, 0.15) is 88.1 Å². The van der Waals surface area contributed by atoms with E-state index in [0.29, 0.717) is 49.2 Å². The second-order valence-corrected chi connectivity index (χ2v) is 12.3. The third-order valence-corrected chi connectivity index (χ3v) is 7.79. The van der Waals surface area contributed by atoms with Crippen molar-refractivity contribution in [1.29, 1.82) is 0 Å². The number of ether oxygens (including phenoxy) is 2. The molecular formula is C30H43N5O7. The molecule has 2 aliphatic heterocycles. The Balaban J connectivity index is 1.19. The van der Waals surface area contributed by atoms with Crippen LogP contribution >= 0.6 is 0 Å². The molecule has 0 radical (unpaired) electrons. The first kappa shape index (κ1) is 31.4. The minimum absolute atomic E-state index is 0.116. The molecule has 0 spiro atoms. The number of hydrogen-bond acceptors (Lipinski definition) is 8. The average Bonchev–Trinajstić information content (AvgIpc) is 3.23. The number of anilines is 1. The zero-order valence-corrected chi connectivity index (χ0v) is 24.8. The highest BCUT2D eigenvalue weighted by Crippen LogP contribution is 2.29. The molecule has 1 atom stereocenters. The van der Waals surface area contributed by atoms with Crippen LogP contribution in [0, 0.1) is 0 Å². The summed E-state index contributed by atoms with van der Waals surface area (Å²) in [6.07, 6.45) is 5.07. The Hall–Kier alpha value is -3.51. The van der Waals surface area contributed by atoms with E-state index in [1.54, 1.807) is 18.2 Å². The van der Waals surface area contributed by atoms with Crippen molar-refractivity contribution in [3.63, 3.8) is 0 Å². The second-order valence-electron chi connectivity index (χ2n) is 12.3. The van der Waals surface area contributed by atoms with E-state index in [-0.39, 0.29) is 55.5 Å². The van der Waals surface area contributed by atoms with Crippen molar-refractivity contribution in [3.8, 4) is 0 Å². The van der Waals surface area contributed by atoms with Crippen molar-refractivity contribution in [1.82, 2.24) is 15.1 Å². The number of piperidine rings is 1. The van der Waals surface area contributed by atoms with Crippen LogP contribution in [0.4, 0.5) is 10.5 Å². The second kappa shape index (κ2) is 13.6. The van der Waals surface area contributed by atoms with E-state index in [2.05, 4.69) is 10.6 Å². The molecule has 42 heavy (non-hydrogen) atoms. The summed E-state index contributed by atoms with van der Waals surface area (Å²) in [5, 5.41) is 5.08. The number of benzene rings is 1. The number of amides is 5. The van der Waals surface area contributed by atoms with Gasteiger partial charge in [0.25, 0.3) is 5.91 Å². The summed E-state index contributed by atoms with van der Waals surface area (Å²) < 4.78 is 11.2.